The number of carbonyl (C=O) groups excluding carboxylic acids is 2. The average molecular weight is 550 g/mol. The molecule has 1 aliphatic heterocycles. The molecule has 0 spiro atoms. The van der Waals surface area contributed by atoms with Crippen molar-refractivity contribution in [3.63, 3.8) is 0 Å². The van der Waals surface area contributed by atoms with Gasteiger partial charge in [0, 0.05) is 11.8 Å². The quantitative estimate of drug-likeness (QED) is 0.414. The van der Waals surface area contributed by atoms with Gasteiger partial charge in [0.2, 0.25) is 0 Å². The van der Waals surface area contributed by atoms with E-state index < -0.39 is 27.9 Å². The van der Waals surface area contributed by atoms with Crippen LogP contribution in [0, 0.1) is 18.3 Å². The number of nitrogens with one attached hydrogen (secondary N) is 1. The van der Waals surface area contributed by atoms with E-state index in [4.69, 9.17) is 19.7 Å². The minimum absolute atomic E-state index is 0.00373. The first-order chi connectivity index (χ1) is 18.6. The van der Waals surface area contributed by atoms with Crippen molar-refractivity contribution in [2.75, 3.05) is 23.8 Å². The summed E-state index contributed by atoms with van der Waals surface area (Å²) in [6.45, 7) is 1.61. The van der Waals surface area contributed by atoms with E-state index in [1.54, 1.807) is 37.3 Å². The number of nitrogens with zero attached hydrogens (tertiary/aromatic N) is 3. The summed E-state index contributed by atoms with van der Waals surface area (Å²) < 4.78 is 42.8. The number of nitrogens with two attached hydrogens (primary N) is 1. The van der Waals surface area contributed by atoms with Crippen LogP contribution in [0.4, 0.5) is 11.5 Å². The lowest BCUT2D eigenvalue weighted by molar-refractivity contribution is -0.139. The first-order valence-corrected chi connectivity index (χ1v) is 12.8. The van der Waals surface area contributed by atoms with E-state index in [9.17, 15) is 23.3 Å². The maximum absolute atomic E-state index is 13.1. The standard InChI is InChI=1S/C26H23N5O7S/c1-15-13-20(29-38-15)30-39(34,35)18-11-9-17(10-12-18)31-23(26(33)37-3)22(25(32)36-2)21(19(14-27)24(31)28)16-7-5-4-6-8-16/h4-13,21H,28H2,1-3H3,(H,29,30). The summed E-state index contributed by atoms with van der Waals surface area (Å²) in [5, 5.41) is 13.7. The van der Waals surface area contributed by atoms with E-state index in [-0.39, 0.29) is 39.1 Å². The SMILES string of the molecule is COC(=O)C1=C(C(=O)OC)N(c2ccc(S(=O)(=O)Nc3cc(C)on3)cc2)C(N)=C(C#N)C1c1ccccc1. The number of aromatic nitrogens is 1. The van der Waals surface area contributed by atoms with Crippen molar-refractivity contribution in [1.29, 1.82) is 5.26 Å². The van der Waals surface area contributed by atoms with Gasteiger partial charge < -0.3 is 19.7 Å². The van der Waals surface area contributed by atoms with Crippen LogP contribution in [0.1, 0.15) is 17.2 Å². The predicted octanol–water partition coefficient (Wildman–Crippen LogP) is 2.68. The summed E-state index contributed by atoms with van der Waals surface area (Å²) in [7, 11) is -1.77. The van der Waals surface area contributed by atoms with Crippen LogP contribution in [0.2, 0.25) is 0 Å². The molecular formula is C26H23N5O7S. The second-order valence-corrected chi connectivity index (χ2v) is 9.94. The molecule has 4 rings (SSSR count). The maximum atomic E-state index is 13.1. The van der Waals surface area contributed by atoms with Crippen LogP contribution in [0.25, 0.3) is 0 Å². The number of hydrogen-bond donors (Lipinski definition) is 2. The van der Waals surface area contributed by atoms with Gasteiger partial charge in [-0.05, 0) is 36.8 Å². The zero-order valence-corrected chi connectivity index (χ0v) is 21.9. The number of nitriles is 1. The van der Waals surface area contributed by atoms with Crippen molar-refractivity contribution in [2.24, 2.45) is 5.73 Å². The number of sulfonamides is 1. The molecular weight excluding hydrogens is 526 g/mol. The van der Waals surface area contributed by atoms with E-state index in [1.807, 2.05) is 0 Å². The molecule has 0 bridgehead atoms. The Morgan fingerprint density at radius 3 is 2.26 bits per heavy atom. The Kier molecular flexibility index (Phi) is 7.41. The van der Waals surface area contributed by atoms with E-state index in [1.165, 1.54) is 35.2 Å². The van der Waals surface area contributed by atoms with Crippen molar-refractivity contribution in [3.05, 3.63) is 94.7 Å². The largest absolute Gasteiger partial charge is 0.466 e. The predicted molar refractivity (Wildman–Crippen MR) is 138 cm³/mol. The molecule has 0 aliphatic carbocycles. The van der Waals surface area contributed by atoms with Crippen molar-refractivity contribution < 1.29 is 32.0 Å². The average Bonchev–Trinajstić information content (AvgIpc) is 3.35. The van der Waals surface area contributed by atoms with Crippen molar-refractivity contribution >= 4 is 33.5 Å². The van der Waals surface area contributed by atoms with Gasteiger partial charge in [0.15, 0.2) is 5.82 Å². The third-order valence-electron chi connectivity index (χ3n) is 5.88. The van der Waals surface area contributed by atoms with Crippen LogP contribution in [0.5, 0.6) is 0 Å². The lowest BCUT2D eigenvalue weighted by atomic mass is 9.81. The molecule has 0 saturated carbocycles. The van der Waals surface area contributed by atoms with Gasteiger partial charge in [-0.15, -0.1) is 0 Å². The van der Waals surface area contributed by atoms with Gasteiger partial charge in [-0.25, -0.2) is 18.0 Å². The van der Waals surface area contributed by atoms with E-state index in [0.29, 0.717) is 11.3 Å². The molecule has 2 aromatic carbocycles. The van der Waals surface area contributed by atoms with Crippen molar-refractivity contribution in [2.45, 2.75) is 17.7 Å². The lowest BCUT2D eigenvalue weighted by Gasteiger charge is -2.35. The fourth-order valence-corrected chi connectivity index (χ4v) is 5.15. The number of ether oxygens (including phenoxy) is 2. The van der Waals surface area contributed by atoms with Gasteiger partial charge in [-0.2, -0.15) is 5.26 Å². The smallest absolute Gasteiger partial charge is 0.355 e. The van der Waals surface area contributed by atoms with Gasteiger partial charge in [0.25, 0.3) is 10.0 Å². The Balaban J connectivity index is 1.87. The number of carbonyl (C=O) groups is 2. The van der Waals surface area contributed by atoms with Crippen LogP contribution in [0.15, 0.2) is 92.7 Å². The second kappa shape index (κ2) is 10.7. The van der Waals surface area contributed by atoms with Crippen molar-refractivity contribution in [1.82, 2.24) is 5.16 Å². The Bertz CT molecular complexity index is 1640. The number of rotatable bonds is 7. The lowest BCUT2D eigenvalue weighted by Crippen LogP contribution is -2.40. The molecule has 0 radical (unpaired) electrons. The molecule has 0 saturated heterocycles. The van der Waals surface area contributed by atoms with E-state index in [0.717, 1.165) is 14.2 Å². The molecule has 0 fully saturated rings. The fraction of sp³-hybridized carbons (Fsp3) is 0.154. The number of methoxy groups -OCH3 is 2. The topological polar surface area (TPSA) is 178 Å². The zero-order chi connectivity index (χ0) is 28.3. The number of aryl methyl sites for hydroxylation is 1. The number of benzene rings is 2. The zero-order valence-electron chi connectivity index (χ0n) is 21.0. The highest BCUT2D eigenvalue weighted by atomic mass is 32.2. The summed E-state index contributed by atoms with van der Waals surface area (Å²) in [4.78, 5) is 27.3. The van der Waals surface area contributed by atoms with Crippen molar-refractivity contribution in [3.8, 4) is 6.07 Å². The summed E-state index contributed by atoms with van der Waals surface area (Å²) in [6.07, 6.45) is 0. The molecule has 2 heterocycles. The maximum Gasteiger partial charge on any atom is 0.355 e. The monoisotopic (exact) mass is 549 g/mol. The third-order valence-corrected chi connectivity index (χ3v) is 7.25. The molecule has 1 unspecified atom stereocenters. The Hall–Kier alpha value is -5.09. The van der Waals surface area contributed by atoms with Gasteiger partial charge in [0.05, 0.1) is 42.2 Å². The first-order valence-electron chi connectivity index (χ1n) is 11.3. The van der Waals surface area contributed by atoms with Crippen LogP contribution < -0.4 is 15.4 Å². The Labute approximate surface area is 223 Å². The molecule has 200 valence electrons. The molecule has 1 aliphatic rings. The highest BCUT2D eigenvalue weighted by Gasteiger charge is 2.43. The van der Waals surface area contributed by atoms with Gasteiger partial charge in [-0.1, -0.05) is 35.5 Å². The summed E-state index contributed by atoms with van der Waals surface area (Å²) in [5.74, 6) is -2.54. The molecule has 12 nitrogen and oxygen atoms in total. The number of esters is 2. The molecule has 0 amide bonds. The highest BCUT2D eigenvalue weighted by Crippen LogP contribution is 2.43. The van der Waals surface area contributed by atoms with E-state index in [2.05, 4.69) is 15.9 Å². The Morgan fingerprint density at radius 1 is 1.08 bits per heavy atom. The van der Waals surface area contributed by atoms with Gasteiger partial charge >= 0.3 is 11.9 Å². The number of allylic oxidation sites excluding steroid dienone is 1. The molecule has 3 N–H and O–H groups in total. The van der Waals surface area contributed by atoms with Crippen LogP contribution in [-0.2, 0) is 29.1 Å². The summed E-state index contributed by atoms with van der Waals surface area (Å²) >= 11 is 0. The number of anilines is 2. The molecule has 13 heteroatoms. The minimum atomic E-state index is -4.05. The van der Waals surface area contributed by atoms with Crippen LogP contribution >= 0.6 is 0 Å². The number of hydrogen-bond acceptors (Lipinski definition) is 11. The molecule has 39 heavy (non-hydrogen) atoms. The van der Waals surface area contributed by atoms with E-state index >= 15 is 0 Å². The molecule has 1 atom stereocenters. The minimum Gasteiger partial charge on any atom is -0.466 e. The van der Waals surface area contributed by atoms with Crippen LogP contribution in [0.3, 0.4) is 0 Å². The third kappa shape index (κ3) is 5.05. The van der Waals surface area contributed by atoms with Crippen LogP contribution in [-0.4, -0.2) is 39.7 Å². The fourth-order valence-electron chi connectivity index (χ4n) is 4.17. The normalized spacial score (nSPS) is 15.5. The Morgan fingerprint density at radius 2 is 1.72 bits per heavy atom. The van der Waals surface area contributed by atoms with Gasteiger partial charge in [0.1, 0.15) is 17.3 Å². The summed E-state index contributed by atoms with van der Waals surface area (Å²) in [6, 6.07) is 17.3. The second-order valence-electron chi connectivity index (χ2n) is 8.26. The van der Waals surface area contributed by atoms with Gasteiger partial charge in [-0.3, -0.25) is 9.62 Å². The molecule has 1 aromatic heterocycles. The first kappa shape index (κ1) is 27.0. The summed E-state index contributed by atoms with van der Waals surface area (Å²) in [5.41, 5.74) is 6.69. The molecule has 3 aromatic rings. The highest BCUT2D eigenvalue weighted by molar-refractivity contribution is 7.92.